The van der Waals surface area contributed by atoms with Crippen molar-refractivity contribution < 1.29 is 4.39 Å². The van der Waals surface area contributed by atoms with Crippen molar-refractivity contribution in [2.24, 2.45) is 5.73 Å². The number of rotatable bonds is 4. The van der Waals surface area contributed by atoms with Crippen molar-refractivity contribution in [2.75, 3.05) is 13.6 Å². The summed E-state index contributed by atoms with van der Waals surface area (Å²) < 4.78 is 13.8. The highest BCUT2D eigenvalue weighted by Gasteiger charge is 2.32. The van der Waals surface area contributed by atoms with Crippen LogP contribution in [0.5, 0.6) is 0 Å². The fraction of sp³-hybridized carbons (Fsp3) is 0.538. The van der Waals surface area contributed by atoms with Gasteiger partial charge in [-0.05, 0) is 32.9 Å². The van der Waals surface area contributed by atoms with Crippen LogP contribution in [-0.4, -0.2) is 24.5 Å². The first-order valence-corrected chi connectivity index (χ1v) is 5.81. The van der Waals surface area contributed by atoms with Crippen LogP contribution in [-0.2, 0) is 0 Å². The predicted molar refractivity (Wildman–Crippen MR) is 63.7 cm³/mol. The van der Waals surface area contributed by atoms with Crippen molar-refractivity contribution in [3.8, 4) is 0 Å². The number of halogens is 1. The lowest BCUT2D eigenvalue weighted by molar-refractivity contribution is 0.235. The largest absolute Gasteiger partial charge is 0.329 e. The van der Waals surface area contributed by atoms with E-state index in [0.717, 1.165) is 11.1 Å². The number of aryl methyl sites for hydroxylation is 1. The highest BCUT2D eigenvalue weighted by atomic mass is 19.1. The van der Waals surface area contributed by atoms with Crippen LogP contribution in [0.2, 0.25) is 0 Å². The minimum atomic E-state index is -0.145. The van der Waals surface area contributed by atoms with Crippen molar-refractivity contribution in [2.45, 2.75) is 31.8 Å². The van der Waals surface area contributed by atoms with E-state index in [9.17, 15) is 4.39 Å². The minimum Gasteiger partial charge on any atom is -0.329 e. The molecule has 2 rings (SSSR count). The molecule has 0 spiro atoms. The summed E-state index contributed by atoms with van der Waals surface area (Å²) in [6.45, 7) is 2.45. The number of hydrogen-bond acceptors (Lipinski definition) is 2. The van der Waals surface area contributed by atoms with Crippen molar-refractivity contribution >= 4 is 0 Å². The van der Waals surface area contributed by atoms with Crippen molar-refractivity contribution in [3.63, 3.8) is 0 Å². The SMILES string of the molecule is Cc1ccc(F)c(C(CN)N(C)C2CC2)c1. The van der Waals surface area contributed by atoms with E-state index in [1.165, 1.54) is 18.9 Å². The molecule has 0 aromatic heterocycles. The average Bonchev–Trinajstić information content (AvgIpc) is 3.07. The zero-order chi connectivity index (χ0) is 11.7. The summed E-state index contributed by atoms with van der Waals surface area (Å²) in [4.78, 5) is 2.21. The third kappa shape index (κ3) is 2.25. The Kier molecular flexibility index (Phi) is 3.26. The second-order valence-electron chi connectivity index (χ2n) is 4.67. The van der Waals surface area contributed by atoms with Gasteiger partial charge in [0.25, 0.3) is 0 Å². The molecule has 0 amide bonds. The molecule has 0 saturated heterocycles. The first-order chi connectivity index (χ1) is 7.63. The van der Waals surface area contributed by atoms with Gasteiger partial charge in [-0.1, -0.05) is 17.7 Å². The Hall–Kier alpha value is -0.930. The summed E-state index contributed by atoms with van der Waals surface area (Å²) in [6, 6.07) is 5.84. The van der Waals surface area contributed by atoms with Crippen LogP contribution in [0.4, 0.5) is 4.39 Å². The van der Waals surface area contributed by atoms with Crippen LogP contribution in [0, 0.1) is 12.7 Å². The van der Waals surface area contributed by atoms with Gasteiger partial charge in [-0.25, -0.2) is 4.39 Å². The quantitative estimate of drug-likeness (QED) is 0.846. The van der Waals surface area contributed by atoms with Crippen LogP contribution in [0.3, 0.4) is 0 Å². The zero-order valence-electron chi connectivity index (χ0n) is 9.91. The number of benzene rings is 1. The zero-order valence-corrected chi connectivity index (χ0v) is 9.91. The van der Waals surface area contributed by atoms with Crippen molar-refractivity contribution in [3.05, 3.63) is 35.1 Å². The second kappa shape index (κ2) is 4.52. The molecule has 1 aliphatic carbocycles. The normalized spacial score (nSPS) is 17.8. The van der Waals surface area contributed by atoms with Gasteiger partial charge in [0.15, 0.2) is 0 Å². The van der Waals surface area contributed by atoms with E-state index in [1.54, 1.807) is 6.07 Å². The molecule has 0 heterocycles. The minimum absolute atomic E-state index is 0.00685. The lowest BCUT2D eigenvalue weighted by Crippen LogP contribution is -2.32. The molecule has 0 bridgehead atoms. The van der Waals surface area contributed by atoms with Gasteiger partial charge >= 0.3 is 0 Å². The first kappa shape index (κ1) is 11.6. The van der Waals surface area contributed by atoms with Gasteiger partial charge in [0.05, 0.1) is 0 Å². The maximum absolute atomic E-state index is 13.8. The van der Waals surface area contributed by atoms with Gasteiger partial charge in [0, 0.05) is 24.2 Å². The number of likely N-dealkylation sites (N-methyl/N-ethyl adjacent to an activating group) is 1. The lowest BCUT2D eigenvalue weighted by atomic mass is 10.0. The smallest absolute Gasteiger partial charge is 0.128 e. The predicted octanol–water partition coefficient (Wildman–Crippen LogP) is 2.23. The van der Waals surface area contributed by atoms with Gasteiger partial charge in [-0.15, -0.1) is 0 Å². The molecule has 1 saturated carbocycles. The molecule has 1 unspecified atom stereocenters. The third-order valence-corrected chi connectivity index (χ3v) is 3.35. The molecule has 0 aliphatic heterocycles. The number of nitrogens with zero attached hydrogens (tertiary/aromatic N) is 1. The van der Waals surface area contributed by atoms with Crippen LogP contribution in [0.1, 0.15) is 30.0 Å². The Bertz CT molecular complexity index is 374. The van der Waals surface area contributed by atoms with Gasteiger partial charge in [-0.2, -0.15) is 0 Å². The molecule has 1 aromatic rings. The van der Waals surface area contributed by atoms with Gasteiger partial charge in [0.1, 0.15) is 5.82 Å². The van der Waals surface area contributed by atoms with Crippen LogP contribution in [0.15, 0.2) is 18.2 Å². The maximum atomic E-state index is 13.8. The van der Waals surface area contributed by atoms with Crippen LogP contribution >= 0.6 is 0 Å². The van der Waals surface area contributed by atoms with Crippen molar-refractivity contribution in [1.29, 1.82) is 0 Å². The standard InChI is InChI=1S/C13H19FN2/c1-9-3-6-12(14)11(7-9)13(8-15)16(2)10-4-5-10/h3,6-7,10,13H,4-5,8,15H2,1-2H3. The Morgan fingerprint density at radius 2 is 2.19 bits per heavy atom. The molecule has 88 valence electrons. The third-order valence-electron chi connectivity index (χ3n) is 3.35. The molecular formula is C13H19FN2. The summed E-state index contributed by atoms with van der Waals surface area (Å²) in [6.07, 6.45) is 2.42. The number of nitrogens with two attached hydrogens (primary N) is 1. The van der Waals surface area contributed by atoms with E-state index in [1.807, 2.05) is 20.0 Å². The molecule has 2 nitrogen and oxygen atoms in total. The summed E-state index contributed by atoms with van der Waals surface area (Å²) in [5, 5.41) is 0. The molecule has 1 aliphatic rings. The molecule has 3 heteroatoms. The molecule has 1 atom stereocenters. The Balaban J connectivity index is 2.27. The van der Waals surface area contributed by atoms with Gasteiger partial charge < -0.3 is 5.73 Å². The second-order valence-corrected chi connectivity index (χ2v) is 4.67. The fourth-order valence-corrected chi connectivity index (χ4v) is 2.17. The van der Waals surface area contributed by atoms with E-state index in [4.69, 9.17) is 5.73 Å². The molecule has 1 fully saturated rings. The maximum Gasteiger partial charge on any atom is 0.128 e. The monoisotopic (exact) mass is 222 g/mol. The van der Waals surface area contributed by atoms with E-state index >= 15 is 0 Å². The van der Waals surface area contributed by atoms with E-state index in [0.29, 0.717) is 12.6 Å². The van der Waals surface area contributed by atoms with Crippen LogP contribution < -0.4 is 5.73 Å². The topological polar surface area (TPSA) is 29.3 Å². The lowest BCUT2D eigenvalue weighted by Gasteiger charge is -2.27. The molecule has 0 radical (unpaired) electrons. The molecule has 1 aromatic carbocycles. The Morgan fingerprint density at radius 1 is 1.50 bits per heavy atom. The number of hydrogen-bond donors (Lipinski definition) is 1. The highest BCUT2D eigenvalue weighted by molar-refractivity contribution is 5.27. The molecular weight excluding hydrogens is 203 g/mol. The fourth-order valence-electron chi connectivity index (χ4n) is 2.17. The van der Waals surface area contributed by atoms with Gasteiger partial charge in [0.2, 0.25) is 0 Å². The summed E-state index contributed by atoms with van der Waals surface area (Å²) in [7, 11) is 2.04. The average molecular weight is 222 g/mol. The Morgan fingerprint density at radius 3 is 2.75 bits per heavy atom. The van der Waals surface area contributed by atoms with Crippen LogP contribution in [0.25, 0.3) is 0 Å². The highest BCUT2D eigenvalue weighted by Crippen LogP contribution is 2.33. The van der Waals surface area contributed by atoms with E-state index in [-0.39, 0.29) is 11.9 Å². The first-order valence-electron chi connectivity index (χ1n) is 5.81. The summed E-state index contributed by atoms with van der Waals surface area (Å²) in [5.41, 5.74) is 7.60. The summed E-state index contributed by atoms with van der Waals surface area (Å²) in [5.74, 6) is -0.145. The van der Waals surface area contributed by atoms with Gasteiger partial charge in [-0.3, -0.25) is 4.90 Å². The molecule has 16 heavy (non-hydrogen) atoms. The summed E-state index contributed by atoms with van der Waals surface area (Å²) >= 11 is 0. The molecule has 2 N–H and O–H groups in total. The van der Waals surface area contributed by atoms with E-state index in [2.05, 4.69) is 4.90 Å². The van der Waals surface area contributed by atoms with Crippen molar-refractivity contribution in [1.82, 2.24) is 4.90 Å². The van der Waals surface area contributed by atoms with E-state index < -0.39 is 0 Å². The Labute approximate surface area is 96.2 Å².